The van der Waals surface area contributed by atoms with Crippen molar-refractivity contribution in [3.05, 3.63) is 71.8 Å². The molecule has 0 aromatic heterocycles. The van der Waals surface area contributed by atoms with Crippen LogP contribution in [0.15, 0.2) is 60.7 Å². The first kappa shape index (κ1) is 19.5. The molecule has 2 aromatic carbocycles. The van der Waals surface area contributed by atoms with Crippen molar-refractivity contribution in [1.29, 1.82) is 5.26 Å². The molecule has 5 nitrogen and oxygen atoms in total. The van der Waals surface area contributed by atoms with Gasteiger partial charge in [0.1, 0.15) is 18.3 Å². The van der Waals surface area contributed by atoms with Crippen molar-refractivity contribution in [3.8, 4) is 6.07 Å². The van der Waals surface area contributed by atoms with Crippen LogP contribution in [0.1, 0.15) is 17.5 Å². The van der Waals surface area contributed by atoms with E-state index < -0.39 is 0 Å². The molecular formula is C22H25NO4. The van der Waals surface area contributed by atoms with E-state index in [9.17, 15) is 0 Å². The summed E-state index contributed by atoms with van der Waals surface area (Å²) >= 11 is 0. The van der Waals surface area contributed by atoms with Gasteiger partial charge in [0.15, 0.2) is 0 Å². The van der Waals surface area contributed by atoms with Gasteiger partial charge in [0.25, 0.3) is 0 Å². The Bertz CT molecular complexity index is 716. The van der Waals surface area contributed by atoms with Crippen molar-refractivity contribution < 1.29 is 18.9 Å². The van der Waals surface area contributed by atoms with Crippen LogP contribution in [0.3, 0.4) is 0 Å². The van der Waals surface area contributed by atoms with Crippen molar-refractivity contribution in [2.45, 2.75) is 44.1 Å². The predicted octanol–water partition coefficient (Wildman–Crippen LogP) is 3.48. The quantitative estimate of drug-likeness (QED) is 0.679. The van der Waals surface area contributed by atoms with E-state index in [1.54, 1.807) is 7.11 Å². The second kappa shape index (κ2) is 10.2. The zero-order chi connectivity index (χ0) is 18.9. The van der Waals surface area contributed by atoms with Gasteiger partial charge in [0.2, 0.25) is 0 Å². The van der Waals surface area contributed by atoms with E-state index in [-0.39, 0.29) is 30.8 Å². The highest BCUT2D eigenvalue weighted by Gasteiger charge is 2.45. The van der Waals surface area contributed by atoms with Crippen molar-refractivity contribution in [1.82, 2.24) is 0 Å². The highest BCUT2D eigenvalue weighted by molar-refractivity contribution is 5.14. The monoisotopic (exact) mass is 367 g/mol. The molecule has 0 amide bonds. The molecule has 0 bridgehead atoms. The lowest BCUT2D eigenvalue weighted by Crippen LogP contribution is -2.38. The number of methoxy groups -OCH3 is 1. The van der Waals surface area contributed by atoms with Crippen LogP contribution < -0.4 is 0 Å². The Labute approximate surface area is 160 Å². The summed E-state index contributed by atoms with van der Waals surface area (Å²) in [6.45, 7) is 1.35. The Morgan fingerprint density at radius 1 is 0.889 bits per heavy atom. The zero-order valence-electron chi connectivity index (χ0n) is 15.5. The Morgan fingerprint density at radius 2 is 1.52 bits per heavy atom. The first-order valence-corrected chi connectivity index (χ1v) is 9.14. The third-order valence-electron chi connectivity index (χ3n) is 4.65. The topological polar surface area (TPSA) is 60.7 Å². The maximum absolute atomic E-state index is 9.09. The Kier molecular flexibility index (Phi) is 7.37. The van der Waals surface area contributed by atoms with E-state index in [0.717, 1.165) is 11.1 Å². The fraction of sp³-hybridized carbons (Fsp3) is 0.409. The van der Waals surface area contributed by atoms with Gasteiger partial charge in [-0.25, -0.2) is 0 Å². The van der Waals surface area contributed by atoms with Crippen LogP contribution in [-0.4, -0.2) is 38.1 Å². The van der Waals surface area contributed by atoms with Crippen molar-refractivity contribution >= 4 is 0 Å². The van der Waals surface area contributed by atoms with E-state index in [2.05, 4.69) is 6.07 Å². The van der Waals surface area contributed by atoms with Crippen LogP contribution in [0.5, 0.6) is 0 Å². The predicted molar refractivity (Wildman–Crippen MR) is 101 cm³/mol. The molecule has 4 atom stereocenters. The van der Waals surface area contributed by atoms with Gasteiger partial charge in [-0.3, -0.25) is 0 Å². The van der Waals surface area contributed by atoms with Gasteiger partial charge in [-0.05, 0) is 11.1 Å². The molecule has 0 saturated carbocycles. The fourth-order valence-electron chi connectivity index (χ4n) is 3.31. The third-order valence-corrected chi connectivity index (χ3v) is 4.65. The lowest BCUT2D eigenvalue weighted by Gasteiger charge is -2.23. The second-order valence-corrected chi connectivity index (χ2v) is 6.54. The number of rotatable bonds is 9. The van der Waals surface area contributed by atoms with Crippen molar-refractivity contribution in [2.75, 3.05) is 13.7 Å². The van der Waals surface area contributed by atoms with Gasteiger partial charge in [0, 0.05) is 7.11 Å². The van der Waals surface area contributed by atoms with Gasteiger partial charge < -0.3 is 18.9 Å². The summed E-state index contributed by atoms with van der Waals surface area (Å²) < 4.78 is 23.7. The number of hydrogen-bond acceptors (Lipinski definition) is 5. The van der Waals surface area contributed by atoms with Gasteiger partial charge >= 0.3 is 0 Å². The standard InChI is InChI=1S/C22H25NO4/c1-24-21-19(12-13-23)27-20(16-25-14-17-8-4-2-5-9-17)22(21)26-15-18-10-6-3-7-11-18/h2-11,19-22H,12,14-16H2,1H3. The van der Waals surface area contributed by atoms with E-state index in [4.69, 9.17) is 24.2 Å². The first-order valence-electron chi connectivity index (χ1n) is 9.14. The van der Waals surface area contributed by atoms with Crippen LogP contribution in [0, 0.1) is 11.3 Å². The molecule has 0 spiro atoms. The van der Waals surface area contributed by atoms with Gasteiger partial charge in [0.05, 0.1) is 38.4 Å². The summed E-state index contributed by atoms with van der Waals surface area (Å²) in [5.74, 6) is 0. The van der Waals surface area contributed by atoms with Gasteiger partial charge in [-0.2, -0.15) is 5.26 Å². The highest BCUT2D eigenvalue weighted by Crippen LogP contribution is 2.29. The Hall–Kier alpha value is -2.23. The molecule has 3 rings (SSSR count). The maximum atomic E-state index is 9.09. The summed E-state index contributed by atoms with van der Waals surface area (Å²) in [4.78, 5) is 0. The molecule has 1 saturated heterocycles. The minimum absolute atomic E-state index is 0.263. The summed E-state index contributed by atoms with van der Waals surface area (Å²) in [5, 5.41) is 9.09. The van der Waals surface area contributed by atoms with E-state index >= 15 is 0 Å². The average molecular weight is 367 g/mol. The highest BCUT2D eigenvalue weighted by atomic mass is 16.6. The van der Waals surface area contributed by atoms with Crippen molar-refractivity contribution in [3.63, 3.8) is 0 Å². The minimum atomic E-state index is -0.314. The SMILES string of the molecule is COC1C(CC#N)OC(COCc2ccccc2)C1OCc1ccccc1. The summed E-state index contributed by atoms with van der Waals surface area (Å²) in [6.07, 6.45) is -0.909. The van der Waals surface area contributed by atoms with E-state index in [0.29, 0.717) is 19.8 Å². The molecule has 2 aromatic rings. The fourth-order valence-corrected chi connectivity index (χ4v) is 3.31. The normalized spacial score (nSPS) is 24.6. The second-order valence-electron chi connectivity index (χ2n) is 6.54. The number of hydrogen-bond donors (Lipinski definition) is 0. The first-order chi connectivity index (χ1) is 13.3. The molecule has 1 heterocycles. The Morgan fingerprint density at radius 3 is 2.11 bits per heavy atom. The molecule has 1 fully saturated rings. The minimum Gasteiger partial charge on any atom is -0.376 e. The molecular weight excluding hydrogens is 342 g/mol. The lowest BCUT2D eigenvalue weighted by molar-refractivity contribution is -0.0804. The van der Waals surface area contributed by atoms with Crippen LogP contribution in [-0.2, 0) is 32.2 Å². The summed E-state index contributed by atoms with van der Waals surface area (Å²) in [5.41, 5.74) is 2.19. The number of ether oxygens (including phenoxy) is 4. The smallest absolute Gasteiger partial charge is 0.115 e. The molecule has 27 heavy (non-hydrogen) atoms. The Balaban J connectivity index is 1.61. The van der Waals surface area contributed by atoms with E-state index in [1.165, 1.54) is 0 Å². The maximum Gasteiger partial charge on any atom is 0.115 e. The van der Waals surface area contributed by atoms with Gasteiger partial charge in [-0.15, -0.1) is 0 Å². The van der Waals surface area contributed by atoms with Crippen LogP contribution >= 0.6 is 0 Å². The number of benzene rings is 2. The molecule has 0 radical (unpaired) electrons. The molecule has 5 heteroatoms. The van der Waals surface area contributed by atoms with Gasteiger partial charge in [-0.1, -0.05) is 60.7 Å². The molecule has 0 aliphatic carbocycles. The molecule has 0 N–H and O–H groups in total. The third kappa shape index (κ3) is 5.38. The molecule has 1 aliphatic rings. The summed E-state index contributed by atoms with van der Waals surface area (Å²) in [6, 6.07) is 22.1. The average Bonchev–Trinajstić information content (AvgIpc) is 3.04. The van der Waals surface area contributed by atoms with Crippen molar-refractivity contribution in [2.24, 2.45) is 0 Å². The van der Waals surface area contributed by atoms with E-state index in [1.807, 2.05) is 60.7 Å². The van der Waals surface area contributed by atoms with Crippen LogP contribution in [0.4, 0.5) is 0 Å². The number of nitriles is 1. The summed E-state index contributed by atoms with van der Waals surface area (Å²) in [7, 11) is 1.63. The van der Waals surface area contributed by atoms with Crippen LogP contribution in [0.25, 0.3) is 0 Å². The lowest BCUT2D eigenvalue weighted by atomic mass is 10.1. The molecule has 4 unspecified atom stereocenters. The molecule has 1 aliphatic heterocycles. The molecule has 142 valence electrons. The largest absolute Gasteiger partial charge is 0.376 e. The number of nitrogens with zero attached hydrogens (tertiary/aromatic N) is 1. The van der Waals surface area contributed by atoms with Crippen LogP contribution in [0.2, 0.25) is 0 Å². The zero-order valence-corrected chi connectivity index (χ0v) is 15.5.